The topological polar surface area (TPSA) is 67.4 Å². The molecule has 0 aromatic heterocycles. The number of carbonyl (C=O) groups excluding carboxylic acids is 2. The van der Waals surface area contributed by atoms with Crippen molar-refractivity contribution in [3.8, 4) is 5.75 Å². The molecule has 1 aliphatic rings. The van der Waals surface area contributed by atoms with Crippen LogP contribution in [-0.2, 0) is 4.79 Å². The number of fused-ring (bicyclic) bond motifs is 1. The summed E-state index contributed by atoms with van der Waals surface area (Å²) in [6.07, 6.45) is 0. The predicted molar refractivity (Wildman–Crippen MR) is 84.7 cm³/mol. The molecule has 2 N–H and O–H groups in total. The summed E-state index contributed by atoms with van der Waals surface area (Å²) in [5.74, 6) is -0.122. The molecule has 2 aromatic rings. The average Bonchev–Trinajstić information content (AvgIpc) is 2.49. The molecule has 3 rings (SSSR count). The minimum Gasteiger partial charge on any atom is -0.482 e. The summed E-state index contributed by atoms with van der Waals surface area (Å²) < 4.78 is 5.31. The molecule has 2 aromatic carbocycles. The summed E-state index contributed by atoms with van der Waals surface area (Å²) in [4.78, 5) is 23.9. The van der Waals surface area contributed by atoms with Crippen molar-refractivity contribution in [2.45, 2.75) is 6.92 Å². The SMILES string of the molecule is Cc1cc(Cl)ccc1NC(=O)c1cccc2c1NC(=O)CO2. The van der Waals surface area contributed by atoms with Crippen molar-refractivity contribution >= 4 is 34.8 Å². The summed E-state index contributed by atoms with van der Waals surface area (Å²) in [7, 11) is 0. The van der Waals surface area contributed by atoms with Gasteiger partial charge in [0.05, 0.1) is 11.3 Å². The Kier molecular flexibility index (Phi) is 3.73. The number of carbonyl (C=O) groups is 2. The zero-order chi connectivity index (χ0) is 15.7. The van der Waals surface area contributed by atoms with Gasteiger partial charge in [0.15, 0.2) is 6.61 Å². The van der Waals surface area contributed by atoms with Crippen molar-refractivity contribution in [2.75, 3.05) is 17.2 Å². The quantitative estimate of drug-likeness (QED) is 0.894. The molecular weight excluding hydrogens is 304 g/mol. The normalized spacial score (nSPS) is 12.9. The van der Waals surface area contributed by atoms with Crippen LogP contribution in [0.4, 0.5) is 11.4 Å². The highest BCUT2D eigenvalue weighted by molar-refractivity contribution is 6.30. The Hall–Kier alpha value is -2.53. The molecule has 22 heavy (non-hydrogen) atoms. The lowest BCUT2D eigenvalue weighted by molar-refractivity contribution is -0.118. The van der Waals surface area contributed by atoms with E-state index in [-0.39, 0.29) is 18.4 Å². The molecule has 0 atom stereocenters. The second-order valence-electron chi connectivity index (χ2n) is 4.93. The van der Waals surface area contributed by atoms with Crippen LogP contribution in [0, 0.1) is 6.92 Å². The minimum absolute atomic E-state index is 0.0473. The largest absolute Gasteiger partial charge is 0.482 e. The maximum atomic E-state index is 12.5. The molecule has 0 spiro atoms. The van der Waals surface area contributed by atoms with Crippen molar-refractivity contribution in [3.05, 3.63) is 52.5 Å². The highest BCUT2D eigenvalue weighted by Crippen LogP contribution is 2.32. The smallest absolute Gasteiger partial charge is 0.262 e. The molecule has 0 saturated carbocycles. The van der Waals surface area contributed by atoms with Gasteiger partial charge in [-0.1, -0.05) is 17.7 Å². The van der Waals surface area contributed by atoms with Crippen LogP contribution < -0.4 is 15.4 Å². The third-order valence-electron chi connectivity index (χ3n) is 3.33. The number of benzene rings is 2. The molecule has 0 saturated heterocycles. The van der Waals surface area contributed by atoms with Crippen LogP contribution in [0.15, 0.2) is 36.4 Å². The van der Waals surface area contributed by atoms with Gasteiger partial charge in [0.2, 0.25) is 0 Å². The van der Waals surface area contributed by atoms with E-state index in [1.54, 1.807) is 36.4 Å². The van der Waals surface area contributed by atoms with E-state index in [1.165, 1.54) is 0 Å². The van der Waals surface area contributed by atoms with Crippen LogP contribution in [0.5, 0.6) is 5.75 Å². The summed E-state index contributed by atoms with van der Waals surface area (Å²) >= 11 is 5.90. The number of rotatable bonds is 2. The number of para-hydroxylation sites is 1. The van der Waals surface area contributed by atoms with E-state index in [0.29, 0.717) is 27.7 Å². The highest BCUT2D eigenvalue weighted by atomic mass is 35.5. The van der Waals surface area contributed by atoms with Gasteiger partial charge in [-0.2, -0.15) is 0 Å². The molecule has 0 radical (unpaired) electrons. The van der Waals surface area contributed by atoms with E-state index in [9.17, 15) is 9.59 Å². The minimum atomic E-state index is -0.326. The van der Waals surface area contributed by atoms with Gasteiger partial charge in [-0.05, 0) is 42.8 Å². The number of anilines is 2. The third kappa shape index (κ3) is 2.76. The molecule has 1 aliphatic heterocycles. The van der Waals surface area contributed by atoms with E-state index < -0.39 is 0 Å². The summed E-state index contributed by atoms with van der Waals surface area (Å²) in [6.45, 7) is 1.81. The van der Waals surface area contributed by atoms with E-state index in [4.69, 9.17) is 16.3 Å². The number of hydrogen-bond acceptors (Lipinski definition) is 3. The van der Waals surface area contributed by atoms with Crippen LogP contribution in [0.3, 0.4) is 0 Å². The first kappa shape index (κ1) is 14.4. The Morgan fingerprint density at radius 3 is 2.91 bits per heavy atom. The summed E-state index contributed by atoms with van der Waals surface area (Å²) in [6, 6.07) is 10.3. The van der Waals surface area contributed by atoms with Crippen LogP contribution in [-0.4, -0.2) is 18.4 Å². The molecular formula is C16H13ClN2O3. The Bertz CT molecular complexity index is 774. The van der Waals surface area contributed by atoms with Crippen LogP contribution >= 0.6 is 11.6 Å². The lowest BCUT2D eigenvalue weighted by atomic mass is 10.1. The van der Waals surface area contributed by atoms with Crippen molar-refractivity contribution in [3.63, 3.8) is 0 Å². The first-order valence-corrected chi connectivity index (χ1v) is 7.05. The standard InChI is InChI=1S/C16H13ClN2O3/c1-9-7-10(17)5-6-12(9)18-16(21)11-3-2-4-13-15(11)19-14(20)8-22-13/h2-7H,8H2,1H3,(H,18,21)(H,19,20). The third-order valence-corrected chi connectivity index (χ3v) is 3.57. The van der Waals surface area contributed by atoms with Gasteiger partial charge in [0.1, 0.15) is 5.75 Å². The zero-order valence-corrected chi connectivity index (χ0v) is 12.5. The van der Waals surface area contributed by atoms with Gasteiger partial charge in [-0.15, -0.1) is 0 Å². The Balaban J connectivity index is 1.91. The molecule has 5 nitrogen and oxygen atoms in total. The monoisotopic (exact) mass is 316 g/mol. The van der Waals surface area contributed by atoms with Crippen molar-refractivity contribution in [2.24, 2.45) is 0 Å². The van der Waals surface area contributed by atoms with Crippen LogP contribution in [0.1, 0.15) is 15.9 Å². The second kappa shape index (κ2) is 5.69. The molecule has 0 fully saturated rings. The molecule has 112 valence electrons. The van der Waals surface area contributed by atoms with Gasteiger partial charge in [-0.25, -0.2) is 0 Å². The number of ether oxygens (including phenoxy) is 1. The van der Waals surface area contributed by atoms with Crippen LogP contribution in [0.25, 0.3) is 0 Å². The number of aryl methyl sites for hydroxylation is 1. The number of nitrogens with one attached hydrogen (secondary N) is 2. The van der Waals surface area contributed by atoms with Gasteiger partial charge in [0.25, 0.3) is 11.8 Å². The van der Waals surface area contributed by atoms with Gasteiger partial charge in [0, 0.05) is 10.7 Å². The maximum absolute atomic E-state index is 12.5. The average molecular weight is 317 g/mol. The molecule has 6 heteroatoms. The van der Waals surface area contributed by atoms with Crippen molar-refractivity contribution in [1.82, 2.24) is 0 Å². The first-order chi connectivity index (χ1) is 10.5. The van der Waals surface area contributed by atoms with E-state index >= 15 is 0 Å². The van der Waals surface area contributed by atoms with Crippen LogP contribution in [0.2, 0.25) is 5.02 Å². The predicted octanol–water partition coefficient (Wildman–Crippen LogP) is 3.23. The second-order valence-corrected chi connectivity index (χ2v) is 5.37. The zero-order valence-electron chi connectivity index (χ0n) is 11.8. The fourth-order valence-electron chi connectivity index (χ4n) is 2.25. The maximum Gasteiger partial charge on any atom is 0.262 e. The molecule has 1 heterocycles. The van der Waals surface area contributed by atoms with Crippen molar-refractivity contribution in [1.29, 1.82) is 0 Å². The number of hydrogen-bond donors (Lipinski definition) is 2. The molecule has 0 aliphatic carbocycles. The van der Waals surface area contributed by atoms with Gasteiger partial charge >= 0.3 is 0 Å². The number of amides is 2. The first-order valence-electron chi connectivity index (χ1n) is 6.68. The van der Waals surface area contributed by atoms with Crippen molar-refractivity contribution < 1.29 is 14.3 Å². The van der Waals surface area contributed by atoms with E-state index in [0.717, 1.165) is 5.56 Å². The fourth-order valence-corrected chi connectivity index (χ4v) is 2.47. The van der Waals surface area contributed by atoms with E-state index in [2.05, 4.69) is 10.6 Å². The highest BCUT2D eigenvalue weighted by Gasteiger charge is 2.22. The Morgan fingerprint density at radius 1 is 1.32 bits per heavy atom. The number of halogens is 1. The Morgan fingerprint density at radius 2 is 2.14 bits per heavy atom. The lowest BCUT2D eigenvalue weighted by Crippen LogP contribution is -2.27. The molecule has 2 amide bonds. The molecule has 0 bridgehead atoms. The van der Waals surface area contributed by atoms with Gasteiger partial charge in [-0.3, -0.25) is 9.59 Å². The van der Waals surface area contributed by atoms with E-state index in [1.807, 2.05) is 6.92 Å². The lowest BCUT2D eigenvalue weighted by Gasteiger charge is -2.20. The summed E-state index contributed by atoms with van der Waals surface area (Å²) in [5, 5.41) is 6.09. The molecule has 0 unspecified atom stereocenters. The van der Waals surface area contributed by atoms with Gasteiger partial charge < -0.3 is 15.4 Å². The fraction of sp³-hybridized carbons (Fsp3) is 0.125. The Labute approximate surface area is 132 Å². The summed E-state index contributed by atoms with van der Waals surface area (Å²) in [5.41, 5.74) is 2.25.